The Morgan fingerprint density at radius 2 is 2.19 bits per heavy atom. The van der Waals surface area contributed by atoms with Gasteiger partial charge in [0.05, 0.1) is 12.5 Å². The van der Waals surface area contributed by atoms with Gasteiger partial charge in [0.2, 0.25) is 5.91 Å². The van der Waals surface area contributed by atoms with Gasteiger partial charge in [0.15, 0.2) is 0 Å². The van der Waals surface area contributed by atoms with E-state index in [-0.39, 0.29) is 24.5 Å². The molecule has 3 N–H and O–H groups in total. The molecule has 1 amide bonds. The van der Waals surface area contributed by atoms with E-state index < -0.39 is 0 Å². The van der Waals surface area contributed by atoms with E-state index in [0.29, 0.717) is 19.0 Å². The van der Waals surface area contributed by atoms with E-state index >= 15 is 0 Å². The molecule has 0 saturated heterocycles. The van der Waals surface area contributed by atoms with E-state index in [1.807, 2.05) is 6.92 Å². The van der Waals surface area contributed by atoms with Crippen molar-refractivity contribution in [2.75, 3.05) is 19.7 Å². The maximum absolute atomic E-state index is 12.3. The monoisotopic (exact) mass is 228 g/mol. The molecule has 94 valence electrons. The molecule has 0 aliphatic heterocycles. The number of amides is 1. The van der Waals surface area contributed by atoms with Crippen LogP contribution in [0.25, 0.3) is 0 Å². The van der Waals surface area contributed by atoms with Crippen molar-refractivity contribution in [2.24, 2.45) is 17.6 Å². The minimum Gasteiger partial charge on any atom is -0.395 e. The van der Waals surface area contributed by atoms with Gasteiger partial charge >= 0.3 is 0 Å². The first-order valence-electron chi connectivity index (χ1n) is 6.27. The third-order valence-corrected chi connectivity index (χ3v) is 3.62. The Morgan fingerprint density at radius 1 is 1.50 bits per heavy atom. The molecule has 0 aromatic rings. The highest BCUT2D eigenvalue weighted by Crippen LogP contribution is 2.30. The van der Waals surface area contributed by atoms with Crippen LogP contribution in [0.1, 0.15) is 33.1 Å². The Kier molecular flexibility index (Phi) is 5.22. The first-order chi connectivity index (χ1) is 7.61. The van der Waals surface area contributed by atoms with Gasteiger partial charge < -0.3 is 15.7 Å². The van der Waals surface area contributed by atoms with Gasteiger partial charge in [-0.2, -0.15) is 0 Å². The van der Waals surface area contributed by atoms with Crippen molar-refractivity contribution >= 4 is 5.91 Å². The fraction of sp³-hybridized carbons (Fsp3) is 0.917. The summed E-state index contributed by atoms with van der Waals surface area (Å²) in [6, 6.07) is -0.0102. The first-order valence-corrected chi connectivity index (χ1v) is 6.27. The van der Waals surface area contributed by atoms with E-state index in [4.69, 9.17) is 10.8 Å². The number of hydrogen-bond acceptors (Lipinski definition) is 3. The molecule has 3 unspecified atom stereocenters. The number of carbonyl (C=O) groups excluding carboxylic acids is 1. The number of hydrogen-bond donors (Lipinski definition) is 2. The zero-order valence-corrected chi connectivity index (χ0v) is 10.4. The molecule has 16 heavy (non-hydrogen) atoms. The summed E-state index contributed by atoms with van der Waals surface area (Å²) in [7, 11) is 0. The lowest BCUT2D eigenvalue weighted by Crippen LogP contribution is -2.49. The molecule has 0 radical (unpaired) electrons. The average Bonchev–Trinajstić information content (AvgIpc) is 2.25. The second kappa shape index (κ2) is 6.21. The Bertz CT molecular complexity index is 223. The van der Waals surface area contributed by atoms with Crippen molar-refractivity contribution in [3.8, 4) is 0 Å². The second-order valence-corrected chi connectivity index (χ2v) is 4.74. The van der Waals surface area contributed by atoms with Gasteiger partial charge in [-0.15, -0.1) is 0 Å². The lowest BCUT2D eigenvalue weighted by molar-refractivity contribution is -0.139. The van der Waals surface area contributed by atoms with Crippen LogP contribution < -0.4 is 5.73 Å². The molecule has 1 fully saturated rings. The normalized spacial score (nSPS) is 30.1. The summed E-state index contributed by atoms with van der Waals surface area (Å²) in [5, 5.41) is 8.92. The lowest BCUT2D eigenvalue weighted by Gasteiger charge is -2.36. The fourth-order valence-corrected chi connectivity index (χ4v) is 2.64. The number of aliphatic hydroxyl groups is 1. The topological polar surface area (TPSA) is 66.6 Å². The Labute approximate surface area is 97.8 Å². The number of aliphatic hydroxyl groups excluding tert-OH is 1. The third-order valence-electron chi connectivity index (χ3n) is 3.62. The van der Waals surface area contributed by atoms with Crippen LogP contribution in [-0.2, 0) is 4.79 Å². The second-order valence-electron chi connectivity index (χ2n) is 4.74. The third kappa shape index (κ3) is 2.95. The van der Waals surface area contributed by atoms with Crippen molar-refractivity contribution < 1.29 is 9.90 Å². The van der Waals surface area contributed by atoms with Gasteiger partial charge in [-0.3, -0.25) is 4.79 Å². The molecule has 0 spiro atoms. The zero-order chi connectivity index (χ0) is 12.1. The number of nitrogens with zero attached hydrogens (tertiary/aromatic N) is 1. The van der Waals surface area contributed by atoms with E-state index in [9.17, 15) is 4.79 Å². The number of carbonyl (C=O) groups is 1. The summed E-state index contributed by atoms with van der Waals surface area (Å²) in [6.07, 6.45) is 3.15. The standard InChI is InChI=1S/C12H24N2O2/c1-3-14(7-8-15)12(16)11-9(2)5-4-6-10(11)13/h9-11,15H,3-8,13H2,1-2H3. The van der Waals surface area contributed by atoms with Gasteiger partial charge in [-0.25, -0.2) is 0 Å². The minimum atomic E-state index is -0.0553. The zero-order valence-electron chi connectivity index (χ0n) is 10.4. The van der Waals surface area contributed by atoms with Crippen molar-refractivity contribution in [3.05, 3.63) is 0 Å². The van der Waals surface area contributed by atoms with Crippen LogP contribution in [0.5, 0.6) is 0 Å². The molecule has 0 aromatic carbocycles. The highest BCUT2D eigenvalue weighted by molar-refractivity contribution is 5.80. The van der Waals surface area contributed by atoms with Crippen LogP contribution in [0.4, 0.5) is 0 Å². The van der Waals surface area contributed by atoms with Gasteiger partial charge in [-0.1, -0.05) is 13.3 Å². The highest BCUT2D eigenvalue weighted by atomic mass is 16.3. The van der Waals surface area contributed by atoms with Crippen molar-refractivity contribution in [3.63, 3.8) is 0 Å². The number of likely N-dealkylation sites (N-methyl/N-ethyl adjacent to an activating group) is 1. The quantitative estimate of drug-likeness (QED) is 0.740. The number of nitrogens with two attached hydrogens (primary N) is 1. The average molecular weight is 228 g/mol. The summed E-state index contributed by atoms with van der Waals surface area (Å²) in [5.74, 6) is 0.431. The van der Waals surface area contributed by atoms with Crippen LogP contribution >= 0.6 is 0 Å². The molecule has 0 heterocycles. The predicted molar refractivity (Wildman–Crippen MR) is 63.8 cm³/mol. The van der Waals surface area contributed by atoms with Crippen LogP contribution in [0.15, 0.2) is 0 Å². The molecule has 0 aromatic heterocycles. The summed E-state index contributed by atoms with van der Waals surface area (Å²) in [5.41, 5.74) is 6.05. The molecule has 4 nitrogen and oxygen atoms in total. The highest BCUT2D eigenvalue weighted by Gasteiger charge is 2.35. The van der Waals surface area contributed by atoms with Crippen molar-refractivity contribution in [1.29, 1.82) is 0 Å². The van der Waals surface area contributed by atoms with Gasteiger partial charge in [-0.05, 0) is 25.7 Å². The summed E-state index contributed by atoms with van der Waals surface area (Å²) in [6.45, 7) is 5.14. The summed E-state index contributed by atoms with van der Waals surface area (Å²) >= 11 is 0. The van der Waals surface area contributed by atoms with E-state index in [1.165, 1.54) is 0 Å². The van der Waals surface area contributed by atoms with Gasteiger partial charge in [0.1, 0.15) is 0 Å². The summed E-state index contributed by atoms with van der Waals surface area (Å²) < 4.78 is 0. The van der Waals surface area contributed by atoms with Crippen molar-refractivity contribution in [2.45, 2.75) is 39.2 Å². The molecule has 1 saturated carbocycles. The first kappa shape index (κ1) is 13.5. The molecule has 1 aliphatic carbocycles. The van der Waals surface area contributed by atoms with Gasteiger partial charge in [0, 0.05) is 19.1 Å². The smallest absolute Gasteiger partial charge is 0.227 e. The van der Waals surface area contributed by atoms with Crippen molar-refractivity contribution in [1.82, 2.24) is 4.90 Å². The van der Waals surface area contributed by atoms with Crippen LogP contribution in [-0.4, -0.2) is 41.7 Å². The molecule has 4 heteroatoms. The maximum Gasteiger partial charge on any atom is 0.227 e. The predicted octanol–water partition coefficient (Wildman–Crippen LogP) is 0.591. The lowest BCUT2D eigenvalue weighted by atomic mass is 9.76. The molecule has 3 atom stereocenters. The van der Waals surface area contributed by atoms with E-state index in [0.717, 1.165) is 19.3 Å². The molecule has 1 aliphatic rings. The molecule has 0 bridgehead atoms. The molecular weight excluding hydrogens is 204 g/mol. The van der Waals surface area contributed by atoms with E-state index in [2.05, 4.69) is 6.92 Å². The maximum atomic E-state index is 12.3. The Morgan fingerprint density at radius 3 is 2.69 bits per heavy atom. The minimum absolute atomic E-state index is 0.0102. The molecular formula is C12H24N2O2. The van der Waals surface area contributed by atoms with Crippen LogP contribution in [0, 0.1) is 11.8 Å². The van der Waals surface area contributed by atoms with E-state index in [1.54, 1.807) is 4.90 Å². The van der Waals surface area contributed by atoms with Crippen LogP contribution in [0.2, 0.25) is 0 Å². The summed E-state index contributed by atoms with van der Waals surface area (Å²) in [4.78, 5) is 14.0. The Hall–Kier alpha value is -0.610. The SMILES string of the molecule is CCN(CCO)C(=O)C1C(C)CCCC1N. The Balaban J connectivity index is 2.68. The van der Waals surface area contributed by atoms with Gasteiger partial charge in [0.25, 0.3) is 0 Å². The fourth-order valence-electron chi connectivity index (χ4n) is 2.64. The number of rotatable bonds is 4. The van der Waals surface area contributed by atoms with Crippen LogP contribution in [0.3, 0.4) is 0 Å². The molecule has 1 rings (SSSR count). The largest absolute Gasteiger partial charge is 0.395 e.